The lowest BCUT2D eigenvalue weighted by Gasteiger charge is -2.35. The van der Waals surface area contributed by atoms with Gasteiger partial charge in [-0.1, -0.05) is 18.2 Å². The van der Waals surface area contributed by atoms with Crippen LogP contribution in [0.15, 0.2) is 48.8 Å². The van der Waals surface area contributed by atoms with Gasteiger partial charge in [0, 0.05) is 42.1 Å². The van der Waals surface area contributed by atoms with E-state index in [4.69, 9.17) is 4.74 Å². The summed E-state index contributed by atoms with van der Waals surface area (Å²) in [5, 5.41) is 11.9. The first-order valence-corrected chi connectivity index (χ1v) is 8.55. The number of fused-ring (bicyclic) bond motifs is 1. The maximum atomic E-state index is 11.0. The van der Waals surface area contributed by atoms with Crippen LogP contribution in [0.25, 0.3) is 10.9 Å². The Hall–Kier alpha value is -2.50. The number of aromatic hydroxyl groups is 1. The number of hydrogen-bond acceptors (Lipinski definition) is 5. The van der Waals surface area contributed by atoms with Crippen LogP contribution in [-0.2, 0) is 4.74 Å². The molecule has 1 saturated heterocycles. The van der Waals surface area contributed by atoms with Gasteiger partial charge in [0.25, 0.3) is 0 Å². The van der Waals surface area contributed by atoms with Crippen LogP contribution >= 0.6 is 0 Å². The fourth-order valence-corrected chi connectivity index (χ4v) is 3.48. The summed E-state index contributed by atoms with van der Waals surface area (Å²) in [5.41, 5.74) is 3.54. The highest BCUT2D eigenvalue weighted by Crippen LogP contribution is 2.38. The van der Waals surface area contributed by atoms with Crippen LogP contribution in [0.3, 0.4) is 0 Å². The molecule has 128 valence electrons. The van der Waals surface area contributed by atoms with Crippen LogP contribution in [0.5, 0.6) is 5.75 Å². The third-order valence-electron chi connectivity index (χ3n) is 4.73. The molecule has 25 heavy (non-hydrogen) atoms. The molecule has 3 heterocycles. The van der Waals surface area contributed by atoms with Gasteiger partial charge < -0.3 is 9.84 Å². The molecule has 1 aliphatic heterocycles. The van der Waals surface area contributed by atoms with Crippen LogP contribution in [0.4, 0.5) is 0 Å². The summed E-state index contributed by atoms with van der Waals surface area (Å²) in [6, 6.07) is 12.0. The third-order valence-corrected chi connectivity index (χ3v) is 4.73. The molecule has 1 aromatic carbocycles. The number of phenolic OH excluding ortho intramolecular Hbond substituents is 1. The Labute approximate surface area is 146 Å². The summed E-state index contributed by atoms with van der Waals surface area (Å²) < 4.78 is 5.51. The topological polar surface area (TPSA) is 58.5 Å². The quantitative estimate of drug-likeness (QED) is 0.797. The summed E-state index contributed by atoms with van der Waals surface area (Å²) >= 11 is 0. The third kappa shape index (κ3) is 3.08. The molecule has 2 aromatic heterocycles. The minimum absolute atomic E-state index is 0.0430. The monoisotopic (exact) mass is 335 g/mol. The molecule has 4 rings (SSSR count). The molecule has 1 aliphatic rings. The Bertz CT molecular complexity index is 877. The molecule has 0 radical (unpaired) electrons. The predicted octanol–water partition coefficient (Wildman–Crippen LogP) is 3.07. The number of aryl methyl sites for hydroxylation is 1. The lowest BCUT2D eigenvalue weighted by atomic mass is 9.95. The first kappa shape index (κ1) is 16.0. The van der Waals surface area contributed by atoms with E-state index in [0.29, 0.717) is 18.7 Å². The maximum absolute atomic E-state index is 11.0. The molecular weight excluding hydrogens is 314 g/mol. The normalized spacial score (nSPS) is 16.8. The lowest BCUT2D eigenvalue weighted by Crippen LogP contribution is -2.39. The molecule has 1 fully saturated rings. The zero-order valence-electron chi connectivity index (χ0n) is 14.2. The van der Waals surface area contributed by atoms with Crippen LogP contribution in [0, 0.1) is 6.92 Å². The molecule has 0 aliphatic carbocycles. The van der Waals surface area contributed by atoms with Crippen LogP contribution in [0.1, 0.15) is 22.9 Å². The van der Waals surface area contributed by atoms with Gasteiger partial charge in [0.1, 0.15) is 11.3 Å². The van der Waals surface area contributed by atoms with E-state index >= 15 is 0 Å². The molecule has 0 spiro atoms. The van der Waals surface area contributed by atoms with Gasteiger partial charge in [-0.05, 0) is 30.7 Å². The molecule has 1 N–H and O–H groups in total. The summed E-state index contributed by atoms with van der Waals surface area (Å²) in [6.45, 7) is 4.99. The van der Waals surface area contributed by atoms with Gasteiger partial charge in [-0.2, -0.15) is 0 Å². The van der Waals surface area contributed by atoms with Crippen molar-refractivity contribution in [3.05, 3.63) is 65.6 Å². The molecular formula is C20H21N3O2. The SMILES string of the molecule is Cc1ccc2ccc(C(c3ccncc3)N3CCOCC3)c(O)c2n1. The number of nitrogens with zero attached hydrogens (tertiary/aromatic N) is 3. The van der Waals surface area contributed by atoms with E-state index in [-0.39, 0.29) is 11.8 Å². The largest absolute Gasteiger partial charge is 0.505 e. The number of morpholine rings is 1. The Morgan fingerprint density at radius 3 is 2.52 bits per heavy atom. The van der Waals surface area contributed by atoms with E-state index in [2.05, 4.69) is 14.9 Å². The Morgan fingerprint density at radius 1 is 1.04 bits per heavy atom. The fraction of sp³-hybridized carbons (Fsp3) is 0.300. The maximum Gasteiger partial charge on any atom is 0.146 e. The van der Waals surface area contributed by atoms with Crippen molar-refractivity contribution in [1.82, 2.24) is 14.9 Å². The Morgan fingerprint density at radius 2 is 1.76 bits per heavy atom. The number of phenols is 1. The first-order valence-electron chi connectivity index (χ1n) is 8.55. The van der Waals surface area contributed by atoms with E-state index in [1.165, 1.54) is 0 Å². The van der Waals surface area contributed by atoms with E-state index in [9.17, 15) is 5.11 Å². The average Bonchev–Trinajstić information content (AvgIpc) is 2.66. The van der Waals surface area contributed by atoms with Crippen molar-refractivity contribution < 1.29 is 9.84 Å². The van der Waals surface area contributed by atoms with Gasteiger partial charge in [0.15, 0.2) is 0 Å². The molecule has 1 unspecified atom stereocenters. The number of hydrogen-bond donors (Lipinski definition) is 1. The second kappa shape index (κ2) is 6.78. The number of ether oxygens (including phenoxy) is 1. The smallest absolute Gasteiger partial charge is 0.146 e. The molecule has 3 aromatic rings. The Balaban J connectivity index is 1.86. The first-order chi connectivity index (χ1) is 12.2. The summed E-state index contributed by atoms with van der Waals surface area (Å²) in [6.07, 6.45) is 3.59. The van der Waals surface area contributed by atoms with Crippen molar-refractivity contribution >= 4 is 10.9 Å². The average molecular weight is 335 g/mol. The van der Waals surface area contributed by atoms with Gasteiger partial charge in [-0.3, -0.25) is 9.88 Å². The highest BCUT2D eigenvalue weighted by molar-refractivity contribution is 5.86. The Kier molecular flexibility index (Phi) is 4.34. The van der Waals surface area contributed by atoms with Crippen molar-refractivity contribution in [3.63, 3.8) is 0 Å². The lowest BCUT2D eigenvalue weighted by molar-refractivity contribution is 0.0236. The van der Waals surface area contributed by atoms with Crippen molar-refractivity contribution in [1.29, 1.82) is 0 Å². The summed E-state index contributed by atoms with van der Waals surface area (Å²) in [7, 11) is 0. The molecule has 0 amide bonds. The van der Waals surface area contributed by atoms with Crippen molar-refractivity contribution in [2.75, 3.05) is 26.3 Å². The highest BCUT2D eigenvalue weighted by atomic mass is 16.5. The molecule has 0 saturated carbocycles. The van der Waals surface area contributed by atoms with Gasteiger partial charge in [-0.15, -0.1) is 0 Å². The predicted molar refractivity (Wildman–Crippen MR) is 96.6 cm³/mol. The number of pyridine rings is 2. The van der Waals surface area contributed by atoms with E-state index < -0.39 is 0 Å². The van der Waals surface area contributed by atoms with Crippen LogP contribution < -0.4 is 0 Å². The molecule has 5 nitrogen and oxygen atoms in total. The second-order valence-corrected chi connectivity index (χ2v) is 6.36. The van der Waals surface area contributed by atoms with Crippen LogP contribution in [-0.4, -0.2) is 46.3 Å². The summed E-state index contributed by atoms with van der Waals surface area (Å²) in [5.74, 6) is 0.259. The van der Waals surface area contributed by atoms with Gasteiger partial charge in [-0.25, -0.2) is 4.98 Å². The van der Waals surface area contributed by atoms with Crippen molar-refractivity contribution in [2.45, 2.75) is 13.0 Å². The molecule has 0 bridgehead atoms. The van der Waals surface area contributed by atoms with E-state index in [1.807, 2.05) is 43.3 Å². The zero-order chi connectivity index (χ0) is 17.2. The van der Waals surface area contributed by atoms with Gasteiger partial charge in [0.2, 0.25) is 0 Å². The van der Waals surface area contributed by atoms with E-state index in [1.54, 1.807) is 12.4 Å². The number of aromatic nitrogens is 2. The molecule has 5 heteroatoms. The summed E-state index contributed by atoms with van der Waals surface area (Å²) in [4.78, 5) is 11.0. The minimum Gasteiger partial charge on any atom is -0.505 e. The van der Waals surface area contributed by atoms with Crippen LogP contribution in [0.2, 0.25) is 0 Å². The minimum atomic E-state index is -0.0430. The fourth-order valence-electron chi connectivity index (χ4n) is 3.48. The zero-order valence-corrected chi connectivity index (χ0v) is 14.2. The van der Waals surface area contributed by atoms with Crippen molar-refractivity contribution in [2.24, 2.45) is 0 Å². The second-order valence-electron chi connectivity index (χ2n) is 6.36. The highest BCUT2D eigenvalue weighted by Gasteiger charge is 2.27. The number of rotatable bonds is 3. The van der Waals surface area contributed by atoms with E-state index in [0.717, 1.165) is 35.3 Å². The van der Waals surface area contributed by atoms with Gasteiger partial charge >= 0.3 is 0 Å². The van der Waals surface area contributed by atoms with Gasteiger partial charge in [0.05, 0.1) is 19.3 Å². The number of benzene rings is 1. The molecule has 1 atom stereocenters. The standard InChI is InChI=1S/C20H21N3O2/c1-14-2-3-15-4-5-17(20(24)18(15)22-14)19(16-6-8-21-9-7-16)23-10-12-25-13-11-23/h2-9,19,24H,10-13H2,1H3. The van der Waals surface area contributed by atoms with Crippen molar-refractivity contribution in [3.8, 4) is 5.75 Å².